The highest BCUT2D eigenvalue weighted by Crippen LogP contribution is 2.44. The van der Waals surface area contributed by atoms with Crippen molar-refractivity contribution in [3.05, 3.63) is 59.2 Å². The van der Waals surface area contributed by atoms with Gasteiger partial charge in [-0.3, -0.25) is 4.79 Å². The quantitative estimate of drug-likeness (QED) is 0.585. The number of alkyl halides is 3. The van der Waals surface area contributed by atoms with Crippen LogP contribution < -0.4 is 9.47 Å². The molecule has 0 radical (unpaired) electrons. The number of benzene rings is 2. The van der Waals surface area contributed by atoms with Gasteiger partial charge in [-0.05, 0) is 31.2 Å². The molecule has 2 aromatic rings. The molecule has 184 valence electrons. The zero-order valence-corrected chi connectivity index (χ0v) is 18.3. The number of carbonyl (C=O) groups is 1. The van der Waals surface area contributed by atoms with Crippen molar-refractivity contribution in [1.29, 1.82) is 0 Å². The number of rotatable bonds is 5. The summed E-state index contributed by atoms with van der Waals surface area (Å²) in [6.07, 6.45) is -7.21. The molecule has 2 aromatic carbocycles. The molecule has 0 unspecified atom stereocenters. The molecule has 2 fully saturated rings. The van der Waals surface area contributed by atoms with Crippen LogP contribution in [-0.2, 0) is 15.1 Å². The number of nitrogens with zero attached hydrogens (tertiary/aromatic N) is 1. The van der Waals surface area contributed by atoms with Crippen molar-refractivity contribution in [1.82, 2.24) is 4.90 Å². The van der Waals surface area contributed by atoms with Crippen molar-refractivity contribution in [3.63, 3.8) is 0 Å². The van der Waals surface area contributed by atoms with E-state index in [1.807, 2.05) is 0 Å². The maximum absolute atomic E-state index is 14.5. The smallest absolute Gasteiger partial charge is 0.425 e. The summed E-state index contributed by atoms with van der Waals surface area (Å²) in [4.78, 5) is 14.6. The second-order valence-corrected chi connectivity index (χ2v) is 8.08. The first-order chi connectivity index (χ1) is 16.1. The van der Waals surface area contributed by atoms with Crippen LogP contribution in [0.5, 0.6) is 11.5 Å². The Hall–Kier alpha value is -2.92. The maximum atomic E-state index is 14.5. The van der Waals surface area contributed by atoms with Crippen molar-refractivity contribution in [2.45, 2.75) is 37.3 Å². The third-order valence-corrected chi connectivity index (χ3v) is 6.12. The molecule has 6 nitrogen and oxygen atoms in total. The second kappa shape index (κ2) is 9.03. The number of carbonyl (C=O) groups excluding carboxylic acids is 1. The van der Waals surface area contributed by atoms with E-state index in [1.165, 1.54) is 42.3 Å². The Morgan fingerprint density at radius 1 is 1.21 bits per heavy atom. The molecule has 11 heteroatoms. The Morgan fingerprint density at radius 2 is 1.97 bits per heavy atom. The van der Waals surface area contributed by atoms with Crippen LogP contribution in [0, 0.1) is 11.6 Å². The van der Waals surface area contributed by atoms with Crippen LogP contribution in [0.25, 0.3) is 0 Å². The van der Waals surface area contributed by atoms with Gasteiger partial charge < -0.3 is 23.8 Å². The van der Waals surface area contributed by atoms with Gasteiger partial charge in [-0.2, -0.15) is 13.2 Å². The van der Waals surface area contributed by atoms with Gasteiger partial charge in [0.2, 0.25) is 0 Å². The number of likely N-dealkylation sites (tertiary alicyclic amines) is 1. The highest BCUT2D eigenvalue weighted by molar-refractivity contribution is 5.95. The number of fused-ring (bicyclic) bond motifs is 1. The summed E-state index contributed by atoms with van der Waals surface area (Å²) in [5, 5.41) is 0. The molecule has 1 amide bonds. The van der Waals surface area contributed by atoms with Crippen molar-refractivity contribution in [2.24, 2.45) is 0 Å². The van der Waals surface area contributed by atoms with E-state index >= 15 is 0 Å². The lowest BCUT2D eigenvalue weighted by atomic mass is 9.81. The van der Waals surface area contributed by atoms with Crippen LogP contribution in [-0.4, -0.2) is 56.2 Å². The van der Waals surface area contributed by atoms with Gasteiger partial charge in [0, 0.05) is 24.1 Å². The Labute approximate surface area is 192 Å². The molecule has 0 aliphatic carbocycles. The molecular weight excluding hydrogens is 465 g/mol. The molecule has 0 spiro atoms. The predicted molar refractivity (Wildman–Crippen MR) is 109 cm³/mol. The number of hydrogen-bond acceptors (Lipinski definition) is 5. The number of methoxy groups -OCH3 is 1. The Balaban J connectivity index is 1.53. The molecule has 0 bridgehead atoms. The van der Waals surface area contributed by atoms with Crippen molar-refractivity contribution in [2.75, 3.05) is 27.0 Å². The largest absolute Gasteiger partial charge is 0.493 e. The minimum Gasteiger partial charge on any atom is -0.493 e. The fourth-order valence-corrected chi connectivity index (χ4v) is 4.21. The van der Waals surface area contributed by atoms with Gasteiger partial charge in [-0.15, -0.1) is 0 Å². The average molecular weight is 487 g/mol. The summed E-state index contributed by atoms with van der Waals surface area (Å²) in [6, 6.07) is 7.69. The van der Waals surface area contributed by atoms with E-state index in [-0.39, 0.29) is 48.9 Å². The Bertz CT molecular complexity index is 1080. The third kappa shape index (κ3) is 4.29. The molecule has 3 atom stereocenters. The van der Waals surface area contributed by atoms with Crippen LogP contribution in [0.4, 0.5) is 22.0 Å². The van der Waals surface area contributed by atoms with Crippen LogP contribution in [0.15, 0.2) is 36.4 Å². The Morgan fingerprint density at radius 3 is 2.68 bits per heavy atom. The van der Waals surface area contributed by atoms with E-state index in [9.17, 15) is 26.7 Å². The molecule has 0 aromatic heterocycles. The number of ether oxygens (including phenoxy) is 4. The SMILES string of the molecule is COc1cc(C(=O)N2CC[C@]3(c4cccc(F)c4F)OCO[C@@H]3C2)ccc1O[C@@H](C)C(F)(F)F. The van der Waals surface area contributed by atoms with Crippen LogP contribution in [0.1, 0.15) is 29.3 Å². The first kappa shape index (κ1) is 24.2. The number of hydrogen-bond donors (Lipinski definition) is 0. The Kier molecular flexibility index (Phi) is 6.43. The van der Waals surface area contributed by atoms with E-state index in [0.29, 0.717) is 0 Å². The summed E-state index contributed by atoms with van der Waals surface area (Å²) in [5.41, 5.74) is -1.04. The highest BCUT2D eigenvalue weighted by Gasteiger charge is 2.52. The lowest BCUT2D eigenvalue weighted by Gasteiger charge is -2.42. The molecule has 2 aliphatic heterocycles. The zero-order chi connectivity index (χ0) is 24.7. The van der Waals surface area contributed by atoms with E-state index < -0.39 is 41.5 Å². The molecule has 2 heterocycles. The van der Waals surface area contributed by atoms with E-state index in [0.717, 1.165) is 13.0 Å². The topological polar surface area (TPSA) is 57.2 Å². The van der Waals surface area contributed by atoms with Gasteiger partial charge in [0.15, 0.2) is 29.2 Å². The minimum atomic E-state index is -4.57. The molecule has 34 heavy (non-hydrogen) atoms. The van der Waals surface area contributed by atoms with E-state index in [4.69, 9.17) is 18.9 Å². The van der Waals surface area contributed by atoms with Crippen molar-refractivity contribution < 1.29 is 45.7 Å². The first-order valence-corrected chi connectivity index (χ1v) is 10.5. The molecule has 2 saturated heterocycles. The highest BCUT2D eigenvalue weighted by atomic mass is 19.4. The average Bonchev–Trinajstić information content (AvgIpc) is 3.24. The maximum Gasteiger partial charge on any atom is 0.425 e. The summed E-state index contributed by atoms with van der Waals surface area (Å²) in [6.45, 7) is 0.921. The predicted octanol–water partition coefficient (Wildman–Crippen LogP) is 4.42. The van der Waals surface area contributed by atoms with Gasteiger partial charge in [0.1, 0.15) is 18.5 Å². The fraction of sp³-hybridized carbons (Fsp3) is 0.435. The molecule has 4 rings (SSSR count). The van der Waals surface area contributed by atoms with Crippen LogP contribution >= 0.6 is 0 Å². The summed E-state index contributed by atoms with van der Waals surface area (Å²) in [7, 11) is 1.25. The van der Waals surface area contributed by atoms with Gasteiger partial charge in [-0.1, -0.05) is 12.1 Å². The molecule has 0 N–H and O–H groups in total. The van der Waals surface area contributed by atoms with Gasteiger partial charge in [0.25, 0.3) is 5.91 Å². The van der Waals surface area contributed by atoms with Gasteiger partial charge >= 0.3 is 6.18 Å². The lowest BCUT2D eigenvalue weighted by Crippen LogP contribution is -2.54. The zero-order valence-electron chi connectivity index (χ0n) is 18.3. The van der Waals surface area contributed by atoms with Crippen molar-refractivity contribution in [3.8, 4) is 11.5 Å². The normalized spacial score (nSPS) is 23.4. The first-order valence-electron chi connectivity index (χ1n) is 10.5. The van der Waals surface area contributed by atoms with Gasteiger partial charge in [-0.25, -0.2) is 8.78 Å². The second-order valence-electron chi connectivity index (χ2n) is 8.08. The number of halogens is 5. The molecule has 0 saturated carbocycles. The minimum absolute atomic E-state index is 0.0315. The standard InChI is InChI=1S/C23H22F5NO5/c1-13(23(26,27)28)34-17-7-6-14(10-18(17)31-2)21(30)29-9-8-22(19(11-29)32-12-33-22)15-4-3-5-16(24)20(15)25/h3-7,10,13,19H,8-9,11-12H2,1-2H3/t13-,19+,22+/m0/s1. The number of amides is 1. The fourth-order valence-electron chi connectivity index (χ4n) is 4.21. The van der Waals surface area contributed by atoms with Crippen molar-refractivity contribution >= 4 is 5.91 Å². The number of piperidine rings is 1. The monoisotopic (exact) mass is 487 g/mol. The summed E-state index contributed by atoms with van der Waals surface area (Å²) < 4.78 is 88.3. The van der Waals surface area contributed by atoms with Crippen LogP contribution in [0.3, 0.4) is 0 Å². The van der Waals surface area contributed by atoms with E-state index in [1.54, 1.807) is 0 Å². The molecule has 2 aliphatic rings. The third-order valence-electron chi connectivity index (χ3n) is 6.12. The summed E-state index contributed by atoms with van der Waals surface area (Å²) >= 11 is 0. The van der Waals surface area contributed by atoms with Crippen LogP contribution in [0.2, 0.25) is 0 Å². The lowest BCUT2D eigenvalue weighted by molar-refractivity contribution is -0.189. The summed E-state index contributed by atoms with van der Waals surface area (Å²) in [5.74, 6) is -2.65. The van der Waals surface area contributed by atoms with E-state index in [2.05, 4.69) is 0 Å². The molecular formula is C23H22F5NO5. The van der Waals surface area contributed by atoms with Gasteiger partial charge in [0.05, 0.1) is 13.7 Å².